The van der Waals surface area contributed by atoms with Crippen LogP contribution >= 0.6 is 11.8 Å². The van der Waals surface area contributed by atoms with E-state index >= 15 is 0 Å². The van der Waals surface area contributed by atoms with Gasteiger partial charge >= 0.3 is 6.18 Å². The molecule has 3 aromatic rings. The summed E-state index contributed by atoms with van der Waals surface area (Å²) < 4.78 is 38.5. The van der Waals surface area contributed by atoms with E-state index in [1.807, 2.05) is 42.5 Å². The third-order valence-electron chi connectivity index (χ3n) is 4.61. The third kappa shape index (κ3) is 4.88. The number of carbonyl (C=O) groups is 2. The maximum absolute atomic E-state index is 12.8. The average Bonchev–Trinajstić information content (AvgIpc) is 3.06. The van der Waals surface area contributed by atoms with Crippen molar-refractivity contribution in [1.82, 2.24) is 5.32 Å². The molecule has 1 saturated heterocycles. The van der Waals surface area contributed by atoms with Gasteiger partial charge in [0.1, 0.15) is 5.25 Å². The largest absolute Gasteiger partial charge is 0.416 e. The fourth-order valence-corrected chi connectivity index (χ4v) is 4.14. The summed E-state index contributed by atoms with van der Waals surface area (Å²) in [4.78, 5) is 29.1. The van der Waals surface area contributed by atoms with Crippen LogP contribution in [0.25, 0.3) is 10.8 Å². The zero-order valence-corrected chi connectivity index (χ0v) is 16.8. The van der Waals surface area contributed by atoms with Crippen molar-refractivity contribution in [3.8, 4) is 0 Å². The lowest BCUT2D eigenvalue weighted by Crippen LogP contribution is -2.28. The predicted octanol–water partition coefficient (Wildman–Crippen LogP) is 5.11. The molecule has 1 aliphatic rings. The first-order valence-electron chi connectivity index (χ1n) is 9.31. The summed E-state index contributed by atoms with van der Waals surface area (Å²) in [5.41, 5.74) is -0.148. The molecular formula is C22H16F3N3O2S. The number of rotatable bonds is 4. The molecule has 5 nitrogen and oxygen atoms in total. The van der Waals surface area contributed by atoms with Crippen LogP contribution in [0.2, 0.25) is 0 Å². The van der Waals surface area contributed by atoms with Crippen LogP contribution in [0.3, 0.4) is 0 Å². The van der Waals surface area contributed by atoms with E-state index < -0.39 is 22.9 Å². The number of anilines is 1. The van der Waals surface area contributed by atoms with E-state index in [4.69, 9.17) is 0 Å². The van der Waals surface area contributed by atoms with E-state index in [-0.39, 0.29) is 18.0 Å². The molecule has 1 heterocycles. The molecule has 1 aliphatic heterocycles. The maximum Gasteiger partial charge on any atom is 0.416 e. The average molecular weight is 443 g/mol. The van der Waals surface area contributed by atoms with E-state index in [0.29, 0.717) is 10.9 Å². The van der Waals surface area contributed by atoms with Crippen LogP contribution in [-0.4, -0.2) is 22.2 Å². The van der Waals surface area contributed by atoms with E-state index in [1.165, 1.54) is 12.1 Å². The highest BCUT2D eigenvalue weighted by Crippen LogP contribution is 2.32. The lowest BCUT2D eigenvalue weighted by atomic mass is 10.1. The summed E-state index contributed by atoms with van der Waals surface area (Å²) in [5, 5.41) is 6.67. The van der Waals surface area contributed by atoms with E-state index in [2.05, 4.69) is 15.6 Å². The Labute approximate surface area is 179 Å². The van der Waals surface area contributed by atoms with Crippen LogP contribution < -0.4 is 10.6 Å². The Balaban J connectivity index is 1.44. The molecule has 158 valence electrons. The van der Waals surface area contributed by atoms with Gasteiger partial charge < -0.3 is 10.6 Å². The first kappa shape index (κ1) is 20.9. The van der Waals surface area contributed by atoms with E-state index in [1.54, 1.807) is 0 Å². The lowest BCUT2D eigenvalue weighted by molar-refractivity contribution is -0.137. The number of amides is 2. The van der Waals surface area contributed by atoms with Crippen molar-refractivity contribution in [1.29, 1.82) is 0 Å². The monoisotopic (exact) mass is 443 g/mol. The van der Waals surface area contributed by atoms with Gasteiger partial charge in [-0.2, -0.15) is 13.2 Å². The van der Waals surface area contributed by atoms with Crippen LogP contribution in [0, 0.1) is 0 Å². The van der Waals surface area contributed by atoms with Gasteiger partial charge in [-0.1, -0.05) is 54.2 Å². The fourth-order valence-electron chi connectivity index (χ4n) is 3.16. The highest BCUT2D eigenvalue weighted by molar-refractivity contribution is 8.15. The molecule has 1 unspecified atom stereocenters. The second-order valence-electron chi connectivity index (χ2n) is 6.84. The number of nitrogens with one attached hydrogen (secondary N) is 2. The molecule has 31 heavy (non-hydrogen) atoms. The Hall–Kier alpha value is -3.33. The molecular weight excluding hydrogens is 427 g/mol. The standard InChI is InChI=1S/C22H16F3N3O2S/c23-22(24,25)14-7-4-8-15(11-14)26-19(29)12-18-20(30)28-21(31-18)27-17-10-3-6-13-5-1-2-9-16(13)17/h1-11,18H,12H2,(H,26,29)(H,27,28,30). The SMILES string of the molecule is O=C(CC1SC(=Nc2cccc3ccccc23)NC1=O)Nc1cccc(C(F)(F)F)c1. The minimum absolute atomic E-state index is 0.0212. The molecule has 0 aliphatic carbocycles. The summed E-state index contributed by atoms with van der Waals surface area (Å²) in [6.45, 7) is 0. The Bertz CT molecular complexity index is 1190. The van der Waals surface area contributed by atoms with Crippen molar-refractivity contribution in [3.63, 3.8) is 0 Å². The Morgan fingerprint density at radius 2 is 1.81 bits per heavy atom. The minimum Gasteiger partial charge on any atom is -0.326 e. The van der Waals surface area contributed by atoms with Crippen molar-refractivity contribution in [2.45, 2.75) is 17.8 Å². The molecule has 0 spiro atoms. The molecule has 0 saturated carbocycles. The molecule has 1 fully saturated rings. The number of benzene rings is 3. The number of carbonyl (C=O) groups excluding carboxylic acids is 2. The summed E-state index contributed by atoms with van der Waals surface area (Å²) in [5.74, 6) is -0.929. The van der Waals surface area contributed by atoms with Crippen LogP contribution in [0.15, 0.2) is 71.7 Å². The van der Waals surface area contributed by atoms with Crippen LogP contribution in [0.4, 0.5) is 24.5 Å². The number of nitrogens with zero attached hydrogens (tertiary/aromatic N) is 1. The highest BCUT2D eigenvalue weighted by atomic mass is 32.2. The Kier molecular flexibility index (Phi) is 5.69. The molecule has 2 amide bonds. The summed E-state index contributed by atoms with van der Waals surface area (Å²) in [6.07, 6.45) is -4.70. The van der Waals surface area contributed by atoms with Gasteiger partial charge in [0, 0.05) is 17.5 Å². The number of halogens is 3. The number of thioether (sulfide) groups is 1. The molecule has 4 rings (SSSR count). The number of amidine groups is 1. The fraction of sp³-hybridized carbons (Fsp3) is 0.136. The number of alkyl halides is 3. The number of hydrogen-bond acceptors (Lipinski definition) is 4. The van der Waals surface area contributed by atoms with Crippen molar-refractivity contribution in [2.75, 3.05) is 5.32 Å². The zero-order valence-electron chi connectivity index (χ0n) is 15.9. The Morgan fingerprint density at radius 3 is 2.61 bits per heavy atom. The van der Waals surface area contributed by atoms with Gasteiger partial charge in [-0.15, -0.1) is 0 Å². The van der Waals surface area contributed by atoms with Gasteiger partial charge in [-0.3, -0.25) is 9.59 Å². The van der Waals surface area contributed by atoms with Gasteiger partial charge in [0.2, 0.25) is 11.8 Å². The van der Waals surface area contributed by atoms with Gasteiger partial charge in [0.25, 0.3) is 0 Å². The molecule has 2 N–H and O–H groups in total. The normalized spacial score (nSPS) is 17.7. The minimum atomic E-state index is -4.51. The van der Waals surface area contributed by atoms with Crippen LogP contribution in [0.5, 0.6) is 0 Å². The van der Waals surface area contributed by atoms with Crippen LogP contribution in [0.1, 0.15) is 12.0 Å². The lowest BCUT2D eigenvalue weighted by Gasteiger charge is -2.10. The second-order valence-corrected chi connectivity index (χ2v) is 8.03. The van der Waals surface area contributed by atoms with Gasteiger partial charge in [0.15, 0.2) is 5.17 Å². The van der Waals surface area contributed by atoms with Crippen molar-refractivity contribution in [3.05, 3.63) is 72.3 Å². The first-order chi connectivity index (χ1) is 14.8. The van der Waals surface area contributed by atoms with E-state index in [0.717, 1.165) is 34.7 Å². The number of fused-ring (bicyclic) bond motifs is 1. The summed E-state index contributed by atoms with van der Waals surface area (Å²) in [6, 6.07) is 17.7. The number of aliphatic imine (C=N–C) groups is 1. The molecule has 9 heteroatoms. The topological polar surface area (TPSA) is 70.6 Å². The maximum atomic E-state index is 12.8. The smallest absolute Gasteiger partial charge is 0.326 e. The number of hydrogen-bond donors (Lipinski definition) is 2. The quantitative estimate of drug-likeness (QED) is 0.589. The highest BCUT2D eigenvalue weighted by Gasteiger charge is 2.33. The van der Waals surface area contributed by atoms with Crippen molar-refractivity contribution < 1.29 is 22.8 Å². The molecule has 0 bridgehead atoms. The van der Waals surface area contributed by atoms with E-state index in [9.17, 15) is 22.8 Å². The molecule has 1 atom stereocenters. The van der Waals surface area contributed by atoms with Crippen molar-refractivity contribution in [2.24, 2.45) is 4.99 Å². The van der Waals surface area contributed by atoms with Gasteiger partial charge in [-0.05, 0) is 29.7 Å². The van der Waals surface area contributed by atoms with Crippen LogP contribution in [-0.2, 0) is 15.8 Å². The Morgan fingerprint density at radius 1 is 1.06 bits per heavy atom. The summed E-state index contributed by atoms with van der Waals surface area (Å²) in [7, 11) is 0. The van der Waals surface area contributed by atoms with Gasteiger partial charge in [0.05, 0.1) is 11.3 Å². The zero-order chi connectivity index (χ0) is 22.0. The molecule has 3 aromatic carbocycles. The third-order valence-corrected chi connectivity index (χ3v) is 5.69. The summed E-state index contributed by atoms with van der Waals surface area (Å²) >= 11 is 1.12. The molecule has 0 radical (unpaired) electrons. The van der Waals surface area contributed by atoms with Crippen molar-refractivity contribution >= 4 is 50.9 Å². The predicted molar refractivity (Wildman–Crippen MR) is 115 cm³/mol. The second kappa shape index (κ2) is 8.43. The first-order valence-corrected chi connectivity index (χ1v) is 10.2. The van der Waals surface area contributed by atoms with Gasteiger partial charge in [-0.25, -0.2) is 4.99 Å². The molecule has 0 aromatic heterocycles.